The van der Waals surface area contributed by atoms with Crippen LogP contribution in [0.15, 0.2) is 54.6 Å². The lowest BCUT2D eigenvalue weighted by atomic mass is 9.92. The van der Waals surface area contributed by atoms with Gasteiger partial charge in [0, 0.05) is 23.6 Å². The summed E-state index contributed by atoms with van der Waals surface area (Å²) in [6.45, 7) is 3.60. The van der Waals surface area contributed by atoms with Crippen LogP contribution in [0.4, 0.5) is 0 Å². The standard InChI is InChI=1S/C23H24N2O2/c1-3-21-22(17-8-5-4-6-9-17)24-25(19-10-7-11-19)23(21)18-12-14-20(15-13-18)27-16(2)26/h4-6,8-9,12-15,19H,3,7,10-11H2,1-2H3. The highest BCUT2D eigenvalue weighted by Gasteiger charge is 2.27. The van der Waals surface area contributed by atoms with E-state index in [-0.39, 0.29) is 5.97 Å². The summed E-state index contributed by atoms with van der Waals surface area (Å²) in [5.41, 5.74) is 5.81. The number of benzene rings is 2. The van der Waals surface area contributed by atoms with Gasteiger partial charge in [-0.05, 0) is 49.9 Å². The maximum atomic E-state index is 11.2. The number of carbonyl (C=O) groups is 1. The highest BCUT2D eigenvalue weighted by Crippen LogP contribution is 2.40. The SMILES string of the molecule is CCc1c(-c2ccccc2)nn(C2CCC2)c1-c1ccc(OC(C)=O)cc1. The van der Waals surface area contributed by atoms with Crippen LogP contribution < -0.4 is 4.74 Å². The lowest BCUT2D eigenvalue weighted by Crippen LogP contribution is -2.19. The minimum Gasteiger partial charge on any atom is -0.427 e. The van der Waals surface area contributed by atoms with Gasteiger partial charge in [0.2, 0.25) is 0 Å². The van der Waals surface area contributed by atoms with Crippen LogP contribution in [0.5, 0.6) is 5.75 Å². The Bertz CT molecular complexity index is 939. The monoisotopic (exact) mass is 360 g/mol. The van der Waals surface area contributed by atoms with Crippen LogP contribution in [-0.4, -0.2) is 15.7 Å². The molecule has 2 aromatic carbocycles. The lowest BCUT2D eigenvalue weighted by molar-refractivity contribution is -0.131. The summed E-state index contributed by atoms with van der Waals surface area (Å²) in [6, 6.07) is 18.6. The number of nitrogens with zero attached hydrogens (tertiary/aromatic N) is 2. The number of hydrogen-bond donors (Lipinski definition) is 0. The lowest BCUT2D eigenvalue weighted by Gasteiger charge is -2.28. The van der Waals surface area contributed by atoms with Gasteiger partial charge in [-0.1, -0.05) is 37.3 Å². The van der Waals surface area contributed by atoms with E-state index in [0.29, 0.717) is 11.8 Å². The predicted octanol–water partition coefficient (Wildman–Crippen LogP) is 5.43. The topological polar surface area (TPSA) is 44.1 Å². The second-order valence-electron chi connectivity index (χ2n) is 7.04. The second-order valence-corrected chi connectivity index (χ2v) is 7.04. The summed E-state index contributed by atoms with van der Waals surface area (Å²) in [4.78, 5) is 11.2. The Labute approximate surface area is 159 Å². The molecule has 0 bridgehead atoms. The number of rotatable bonds is 5. The molecule has 1 aromatic heterocycles. The highest BCUT2D eigenvalue weighted by molar-refractivity contribution is 5.75. The van der Waals surface area contributed by atoms with Gasteiger partial charge in [-0.3, -0.25) is 9.48 Å². The summed E-state index contributed by atoms with van der Waals surface area (Å²) >= 11 is 0. The minimum absolute atomic E-state index is 0.303. The zero-order chi connectivity index (χ0) is 18.8. The molecule has 1 saturated carbocycles. The summed E-state index contributed by atoms with van der Waals surface area (Å²) in [5.74, 6) is 0.269. The third kappa shape index (κ3) is 3.39. The molecule has 138 valence electrons. The first-order valence-corrected chi connectivity index (χ1v) is 9.63. The fraction of sp³-hybridized carbons (Fsp3) is 0.304. The number of carbonyl (C=O) groups excluding carboxylic acids is 1. The highest BCUT2D eigenvalue weighted by atomic mass is 16.5. The largest absolute Gasteiger partial charge is 0.427 e. The zero-order valence-corrected chi connectivity index (χ0v) is 15.8. The Morgan fingerprint density at radius 3 is 2.33 bits per heavy atom. The zero-order valence-electron chi connectivity index (χ0n) is 15.8. The molecule has 0 spiro atoms. The Morgan fingerprint density at radius 1 is 1.07 bits per heavy atom. The van der Waals surface area contributed by atoms with Crippen LogP contribution in [0.3, 0.4) is 0 Å². The number of esters is 1. The van der Waals surface area contributed by atoms with E-state index in [1.54, 1.807) is 0 Å². The smallest absolute Gasteiger partial charge is 0.308 e. The van der Waals surface area contributed by atoms with Gasteiger partial charge in [0.15, 0.2) is 0 Å². The van der Waals surface area contributed by atoms with Gasteiger partial charge in [0.05, 0.1) is 17.4 Å². The van der Waals surface area contributed by atoms with Crippen molar-refractivity contribution in [3.63, 3.8) is 0 Å². The second kappa shape index (κ2) is 7.39. The van der Waals surface area contributed by atoms with Crippen molar-refractivity contribution < 1.29 is 9.53 Å². The molecule has 1 heterocycles. The molecule has 0 saturated heterocycles. The summed E-state index contributed by atoms with van der Waals surface area (Å²) in [7, 11) is 0. The minimum atomic E-state index is -0.303. The molecule has 1 aliphatic carbocycles. The van der Waals surface area contributed by atoms with Crippen molar-refractivity contribution in [1.82, 2.24) is 9.78 Å². The van der Waals surface area contributed by atoms with Crippen molar-refractivity contribution in [1.29, 1.82) is 0 Å². The molecular formula is C23H24N2O2. The molecule has 27 heavy (non-hydrogen) atoms. The average Bonchev–Trinajstić information content (AvgIpc) is 3.00. The quantitative estimate of drug-likeness (QED) is 0.450. The molecule has 4 rings (SSSR count). The normalized spacial score (nSPS) is 14.0. The summed E-state index contributed by atoms with van der Waals surface area (Å²) < 4.78 is 7.41. The van der Waals surface area contributed by atoms with Gasteiger partial charge in [-0.15, -0.1) is 0 Å². The third-order valence-corrected chi connectivity index (χ3v) is 5.22. The van der Waals surface area contributed by atoms with E-state index in [1.807, 2.05) is 30.3 Å². The van der Waals surface area contributed by atoms with Crippen LogP contribution in [-0.2, 0) is 11.2 Å². The number of ether oxygens (including phenoxy) is 1. The number of aromatic nitrogens is 2. The molecule has 4 heteroatoms. The Balaban J connectivity index is 1.83. The van der Waals surface area contributed by atoms with E-state index < -0.39 is 0 Å². The van der Waals surface area contributed by atoms with Crippen molar-refractivity contribution in [2.24, 2.45) is 0 Å². The van der Waals surface area contributed by atoms with Crippen LogP contribution in [0, 0.1) is 0 Å². The summed E-state index contributed by atoms with van der Waals surface area (Å²) in [6.07, 6.45) is 4.53. The van der Waals surface area contributed by atoms with E-state index in [1.165, 1.54) is 37.4 Å². The molecule has 4 nitrogen and oxygen atoms in total. The molecule has 0 aliphatic heterocycles. The molecule has 0 unspecified atom stereocenters. The molecule has 0 amide bonds. The molecule has 0 atom stereocenters. The van der Waals surface area contributed by atoms with Gasteiger partial charge in [-0.25, -0.2) is 0 Å². The van der Waals surface area contributed by atoms with Crippen LogP contribution >= 0.6 is 0 Å². The Morgan fingerprint density at radius 2 is 1.78 bits per heavy atom. The van der Waals surface area contributed by atoms with Crippen molar-refractivity contribution >= 4 is 5.97 Å². The van der Waals surface area contributed by atoms with Gasteiger partial charge >= 0.3 is 5.97 Å². The van der Waals surface area contributed by atoms with E-state index in [4.69, 9.17) is 9.84 Å². The average molecular weight is 360 g/mol. The summed E-state index contributed by atoms with van der Waals surface area (Å²) in [5, 5.41) is 5.05. The molecule has 1 fully saturated rings. The maximum absolute atomic E-state index is 11.2. The van der Waals surface area contributed by atoms with Crippen LogP contribution in [0.2, 0.25) is 0 Å². The van der Waals surface area contributed by atoms with Gasteiger partial charge in [0.1, 0.15) is 5.75 Å². The van der Waals surface area contributed by atoms with Gasteiger partial charge in [0.25, 0.3) is 0 Å². The Hall–Kier alpha value is -2.88. The van der Waals surface area contributed by atoms with Crippen molar-refractivity contribution in [3.8, 4) is 28.3 Å². The van der Waals surface area contributed by atoms with Crippen molar-refractivity contribution in [2.45, 2.75) is 45.6 Å². The molecule has 3 aromatic rings. The van der Waals surface area contributed by atoms with E-state index >= 15 is 0 Å². The van der Waals surface area contributed by atoms with E-state index in [0.717, 1.165) is 23.2 Å². The predicted molar refractivity (Wildman–Crippen MR) is 107 cm³/mol. The van der Waals surface area contributed by atoms with Crippen LogP contribution in [0.25, 0.3) is 22.5 Å². The molecular weight excluding hydrogens is 336 g/mol. The Kier molecular flexibility index (Phi) is 4.80. The van der Waals surface area contributed by atoms with Crippen molar-refractivity contribution in [2.75, 3.05) is 0 Å². The third-order valence-electron chi connectivity index (χ3n) is 5.22. The molecule has 0 radical (unpaired) electrons. The van der Waals surface area contributed by atoms with Gasteiger partial charge in [-0.2, -0.15) is 5.10 Å². The first-order chi connectivity index (χ1) is 13.2. The van der Waals surface area contributed by atoms with Gasteiger partial charge < -0.3 is 4.74 Å². The number of hydrogen-bond acceptors (Lipinski definition) is 3. The van der Waals surface area contributed by atoms with Crippen molar-refractivity contribution in [3.05, 3.63) is 60.2 Å². The van der Waals surface area contributed by atoms with E-state index in [9.17, 15) is 4.79 Å². The van der Waals surface area contributed by atoms with E-state index in [2.05, 4.69) is 35.9 Å². The fourth-order valence-corrected chi connectivity index (χ4v) is 3.68. The molecule has 0 N–H and O–H groups in total. The van der Waals surface area contributed by atoms with Crippen LogP contribution in [0.1, 0.15) is 44.7 Å². The molecule has 1 aliphatic rings. The maximum Gasteiger partial charge on any atom is 0.308 e. The first kappa shape index (κ1) is 17.5. The fourth-order valence-electron chi connectivity index (χ4n) is 3.68. The first-order valence-electron chi connectivity index (χ1n) is 9.63.